The summed E-state index contributed by atoms with van der Waals surface area (Å²) >= 11 is 4.79. The highest BCUT2D eigenvalue weighted by atomic mass is 35.5. The number of ether oxygens (including phenoxy) is 3. The molecule has 3 N–H and O–H groups in total. The second-order valence-corrected chi connectivity index (χ2v) is 13.4. The minimum atomic E-state index is -6.91. The molecule has 2 amide bonds. The van der Waals surface area contributed by atoms with Gasteiger partial charge in [-0.2, -0.15) is 39.5 Å². The van der Waals surface area contributed by atoms with Crippen LogP contribution >= 0.6 is 11.6 Å². The number of anilines is 2. The number of benzene rings is 2. The average molecular weight is 841 g/mol. The van der Waals surface area contributed by atoms with Gasteiger partial charge in [-0.05, 0) is 25.0 Å². The van der Waals surface area contributed by atoms with Crippen molar-refractivity contribution >= 4 is 34.8 Å². The maximum Gasteiger partial charge on any atom is 0.460 e. The highest BCUT2D eigenvalue weighted by Gasteiger charge is 2.76. The van der Waals surface area contributed by atoms with Gasteiger partial charge in [-0.3, -0.25) is 9.59 Å². The quantitative estimate of drug-likeness (QED) is 0.0377. The standard InChI is InChI=1S/C37H47ClF10N2O6/c1-3-5-6-7-8-9-10-11-12-13-14-15-16-20-54-24-18-17-19-25(21-24)55-29(4-2)31(52)49-27-22-28(51)26(23-30(27)56-35(42,43)32(38)39)50-33(53)34(40,41)36(44,45)37(46,47)48/h17-19,21-23,29,32,51H,3-16,20H2,1-2H3,(H,49,52)(H,50,53). The van der Waals surface area contributed by atoms with E-state index in [4.69, 9.17) is 21.1 Å². The van der Waals surface area contributed by atoms with Crippen LogP contribution in [0.5, 0.6) is 23.0 Å². The number of halogens is 11. The number of alkyl halides is 11. The molecule has 0 aliphatic rings. The van der Waals surface area contributed by atoms with E-state index in [-0.39, 0.29) is 24.3 Å². The van der Waals surface area contributed by atoms with Crippen molar-refractivity contribution in [3.63, 3.8) is 0 Å². The molecule has 2 aromatic carbocycles. The topological polar surface area (TPSA) is 106 Å². The second kappa shape index (κ2) is 22.2. The van der Waals surface area contributed by atoms with Crippen LogP contribution in [-0.4, -0.2) is 59.4 Å². The lowest BCUT2D eigenvalue weighted by Crippen LogP contribution is -2.57. The van der Waals surface area contributed by atoms with E-state index in [1.165, 1.54) is 76.8 Å². The van der Waals surface area contributed by atoms with Gasteiger partial charge in [-0.25, -0.2) is 4.39 Å². The molecule has 0 spiro atoms. The summed E-state index contributed by atoms with van der Waals surface area (Å²) in [6.07, 6.45) is 2.10. The minimum absolute atomic E-state index is 0.0255. The number of rotatable bonds is 26. The number of amides is 2. The van der Waals surface area contributed by atoms with E-state index in [0.717, 1.165) is 31.0 Å². The summed E-state index contributed by atoms with van der Waals surface area (Å²) in [5.74, 6) is -20.1. The summed E-state index contributed by atoms with van der Waals surface area (Å²) in [5, 5.41) is 13.1. The van der Waals surface area contributed by atoms with E-state index in [1.807, 2.05) is 5.32 Å². The molecule has 0 heterocycles. The number of phenols is 1. The van der Waals surface area contributed by atoms with Gasteiger partial charge in [0.1, 0.15) is 17.2 Å². The molecule has 0 saturated heterocycles. The fourth-order valence-corrected chi connectivity index (χ4v) is 5.25. The summed E-state index contributed by atoms with van der Waals surface area (Å²) < 4.78 is 150. The van der Waals surface area contributed by atoms with Crippen LogP contribution in [0.25, 0.3) is 0 Å². The van der Waals surface area contributed by atoms with E-state index in [1.54, 1.807) is 12.1 Å². The summed E-state index contributed by atoms with van der Waals surface area (Å²) in [4.78, 5) is 25.0. The normalized spacial score (nSPS) is 13.5. The molecule has 2 unspecified atom stereocenters. The predicted molar refractivity (Wildman–Crippen MR) is 190 cm³/mol. The lowest BCUT2D eigenvalue weighted by molar-refractivity contribution is -0.343. The van der Waals surface area contributed by atoms with Gasteiger partial charge < -0.3 is 30.0 Å². The van der Waals surface area contributed by atoms with Gasteiger partial charge in [0.2, 0.25) is 0 Å². The highest BCUT2D eigenvalue weighted by Crippen LogP contribution is 2.48. The molecule has 0 aromatic heterocycles. The van der Waals surface area contributed by atoms with Gasteiger partial charge in [0.25, 0.3) is 11.5 Å². The molecule has 0 radical (unpaired) electrons. The van der Waals surface area contributed by atoms with Crippen LogP contribution in [0.4, 0.5) is 55.3 Å². The van der Waals surface area contributed by atoms with Gasteiger partial charge in [0.15, 0.2) is 11.9 Å². The molecule has 0 aliphatic carbocycles. The van der Waals surface area contributed by atoms with Gasteiger partial charge in [0, 0.05) is 18.2 Å². The fourth-order valence-electron chi connectivity index (χ4n) is 5.21. The van der Waals surface area contributed by atoms with Crippen LogP contribution in [0.3, 0.4) is 0 Å². The summed E-state index contributed by atoms with van der Waals surface area (Å²) in [6.45, 7) is 4.10. The SMILES string of the molecule is CCCCCCCCCCCCCCCOc1cccc(OC(CC)C(=O)Nc2cc(O)c(NC(=O)C(F)(F)C(F)(F)C(F)(F)F)cc2OC(F)(F)C(F)Cl)c1. The molecule has 19 heteroatoms. The molecule has 2 rings (SSSR count). The van der Waals surface area contributed by atoms with Crippen molar-refractivity contribution in [3.05, 3.63) is 36.4 Å². The van der Waals surface area contributed by atoms with E-state index in [0.29, 0.717) is 12.4 Å². The monoisotopic (exact) mass is 840 g/mol. The zero-order valence-electron chi connectivity index (χ0n) is 30.9. The highest BCUT2D eigenvalue weighted by molar-refractivity contribution is 6.20. The van der Waals surface area contributed by atoms with Gasteiger partial charge in [-0.15, -0.1) is 0 Å². The van der Waals surface area contributed by atoms with Crippen LogP contribution in [-0.2, 0) is 9.59 Å². The molecule has 2 atom stereocenters. The first-order chi connectivity index (χ1) is 26.2. The Balaban J connectivity index is 2.06. The van der Waals surface area contributed by atoms with Gasteiger partial charge in [0.05, 0.1) is 18.0 Å². The van der Waals surface area contributed by atoms with E-state index < -0.39 is 70.6 Å². The number of hydrogen-bond acceptors (Lipinski definition) is 6. The number of phenolic OH excluding ortho intramolecular Hbond substituents is 1. The molecule has 0 bridgehead atoms. The maximum absolute atomic E-state index is 14.2. The number of nitrogens with one attached hydrogen (secondary N) is 2. The molecule has 56 heavy (non-hydrogen) atoms. The molecular formula is C37H47ClF10N2O6. The van der Waals surface area contributed by atoms with Crippen molar-refractivity contribution < 1.29 is 72.8 Å². The average Bonchev–Trinajstić information content (AvgIpc) is 3.11. The summed E-state index contributed by atoms with van der Waals surface area (Å²) in [7, 11) is 0. The second-order valence-electron chi connectivity index (χ2n) is 13.0. The molecule has 0 saturated carbocycles. The Bertz CT molecular complexity index is 1530. The smallest absolute Gasteiger partial charge is 0.460 e. The molecular weight excluding hydrogens is 794 g/mol. The minimum Gasteiger partial charge on any atom is -0.506 e. The Morgan fingerprint density at radius 3 is 1.80 bits per heavy atom. The summed E-state index contributed by atoms with van der Waals surface area (Å²) in [5.41, 5.74) is -5.99. The first-order valence-corrected chi connectivity index (χ1v) is 18.7. The predicted octanol–water partition coefficient (Wildman–Crippen LogP) is 11.9. The maximum atomic E-state index is 14.2. The largest absolute Gasteiger partial charge is 0.506 e. The number of carbonyl (C=O) groups excluding carboxylic acids is 2. The van der Waals surface area contributed by atoms with Crippen LogP contribution in [0.1, 0.15) is 104 Å². The van der Waals surface area contributed by atoms with Crippen molar-refractivity contribution in [2.75, 3.05) is 17.2 Å². The van der Waals surface area contributed by atoms with Crippen molar-refractivity contribution in [2.45, 2.75) is 140 Å². The van der Waals surface area contributed by atoms with Crippen molar-refractivity contribution in [1.82, 2.24) is 0 Å². The molecule has 2 aromatic rings. The third-order valence-electron chi connectivity index (χ3n) is 8.40. The molecule has 0 aliphatic heterocycles. The van der Waals surface area contributed by atoms with E-state index in [9.17, 15) is 58.6 Å². The third kappa shape index (κ3) is 14.6. The van der Waals surface area contributed by atoms with Gasteiger partial charge in [-0.1, -0.05) is 109 Å². The van der Waals surface area contributed by atoms with Crippen molar-refractivity contribution in [3.8, 4) is 23.0 Å². The van der Waals surface area contributed by atoms with Crippen LogP contribution in [0.15, 0.2) is 36.4 Å². The van der Waals surface area contributed by atoms with Crippen LogP contribution in [0, 0.1) is 0 Å². The zero-order valence-corrected chi connectivity index (χ0v) is 31.6. The van der Waals surface area contributed by atoms with E-state index >= 15 is 0 Å². The molecule has 0 fully saturated rings. The first-order valence-electron chi connectivity index (χ1n) is 18.2. The Morgan fingerprint density at radius 1 is 0.750 bits per heavy atom. The lowest BCUT2D eigenvalue weighted by atomic mass is 10.0. The van der Waals surface area contributed by atoms with Gasteiger partial charge >= 0.3 is 30.0 Å². The molecule has 318 valence electrons. The summed E-state index contributed by atoms with van der Waals surface area (Å²) in [6, 6.07) is 6.49. The van der Waals surface area contributed by atoms with Crippen molar-refractivity contribution in [2.24, 2.45) is 0 Å². The zero-order chi connectivity index (χ0) is 42.2. The first kappa shape index (κ1) is 48.3. The Kier molecular flexibility index (Phi) is 19.2. The van der Waals surface area contributed by atoms with Crippen molar-refractivity contribution in [1.29, 1.82) is 0 Å². The Labute approximate surface area is 323 Å². The Morgan fingerprint density at radius 2 is 1.29 bits per heavy atom. The number of hydrogen-bond donors (Lipinski definition) is 3. The fraction of sp³-hybridized carbons (Fsp3) is 0.622. The number of carbonyl (C=O) groups is 2. The number of unbranched alkanes of at least 4 members (excludes halogenated alkanes) is 12. The lowest BCUT2D eigenvalue weighted by Gasteiger charge is -2.27. The number of aromatic hydroxyl groups is 1. The van der Waals surface area contributed by atoms with Crippen LogP contribution in [0.2, 0.25) is 0 Å². The third-order valence-corrected chi connectivity index (χ3v) is 8.66. The molecule has 8 nitrogen and oxygen atoms in total. The van der Waals surface area contributed by atoms with E-state index in [2.05, 4.69) is 11.7 Å². The van der Waals surface area contributed by atoms with Crippen LogP contribution < -0.4 is 24.8 Å². The Hall–Kier alpha value is -3.83.